The molecular weight excluding hydrogens is 371 g/mol. The van der Waals surface area contributed by atoms with Crippen molar-refractivity contribution in [3.05, 3.63) is 24.3 Å². The summed E-state index contributed by atoms with van der Waals surface area (Å²) >= 11 is 0. The summed E-state index contributed by atoms with van der Waals surface area (Å²) in [7, 11) is -9.76. The van der Waals surface area contributed by atoms with Crippen molar-refractivity contribution >= 4 is 27.9 Å². The van der Waals surface area contributed by atoms with Crippen LogP contribution in [0.15, 0.2) is 29.2 Å². The molecule has 5 nitrogen and oxygen atoms in total. The highest BCUT2D eigenvalue weighted by molar-refractivity contribution is 8.45. The van der Waals surface area contributed by atoms with Gasteiger partial charge in [-0.15, -0.1) is 0 Å². The number of anilines is 1. The number of nitrogens with one attached hydrogen (secondary N) is 2. The van der Waals surface area contributed by atoms with E-state index in [0.29, 0.717) is 12.1 Å². The van der Waals surface area contributed by atoms with Crippen molar-refractivity contribution in [1.82, 2.24) is 5.32 Å². The molecule has 0 saturated heterocycles. The Morgan fingerprint density at radius 2 is 1.52 bits per heavy atom. The monoisotopic (exact) mass is 390 g/mol. The molecule has 0 fully saturated rings. The van der Waals surface area contributed by atoms with Crippen molar-refractivity contribution in [3.63, 3.8) is 0 Å². The Morgan fingerprint density at radius 1 is 1.04 bits per heavy atom. The van der Waals surface area contributed by atoms with Crippen LogP contribution in [0.3, 0.4) is 0 Å². The number of amides is 2. The van der Waals surface area contributed by atoms with E-state index < -0.39 is 38.8 Å². The van der Waals surface area contributed by atoms with Crippen LogP contribution in [0.4, 0.5) is 29.9 Å². The number of halogens is 5. The van der Waals surface area contributed by atoms with Crippen LogP contribution in [-0.4, -0.2) is 23.6 Å². The fraction of sp³-hybridized carbons (Fsp3) is 0.429. The van der Waals surface area contributed by atoms with E-state index in [2.05, 4.69) is 10.6 Å². The molecule has 1 aromatic rings. The summed E-state index contributed by atoms with van der Waals surface area (Å²) in [5.41, 5.74) is -0.907. The smallest absolute Gasteiger partial charge is 0.408 e. The van der Waals surface area contributed by atoms with Gasteiger partial charge >= 0.3 is 16.3 Å². The molecule has 0 spiro atoms. The van der Waals surface area contributed by atoms with E-state index in [-0.39, 0.29) is 17.8 Å². The number of carbonyl (C=O) groups is 2. The third kappa shape index (κ3) is 7.16. The molecule has 2 N–H and O–H groups in total. The van der Waals surface area contributed by atoms with Crippen molar-refractivity contribution in [2.75, 3.05) is 5.32 Å². The van der Waals surface area contributed by atoms with E-state index in [1.54, 1.807) is 20.8 Å². The molecule has 144 valence electrons. The number of benzene rings is 1. The highest BCUT2D eigenvalue weighted by Crippen LogP contribution is 3.02. The van der Waals surface area contributed by atoms with Gasteiger partial charge in [0, 0.05) is 5.69 Å². The average Bonchev–Trinajstić information content (AvgIpc) is 2.33. The molecule has 1 aromatic carbocycles. The lowest BCUT2D eigenvalue weighted by molar-refractivity contribution is -0.117. The highest BCUT2D eigenvalue weighted by atomic mass is 32.5. The van der Waals surface area contributed by atoms with E-state index in [9.17, 15) is 29.0 Å². The molecular formula is C14H19F5N2O3S. The molecule has 1 atom stereocenters. The average molecular weight is 390 g/mol. The molecule has 2 amide bonds. The summed E-state index contributed by atoms with van der Waals surface area (Å²) < 4.78 is 67.9. The SMILES string of the molecule is C[C@H](NC(=O)OC(C)(C)C)C(=O)Nc1ccc(S(F)(F)(F)(F)F)cc1. The minimum atomic E-state index is -9.76. The first-order chi connectivity index (χ1) is 10.9. The zero-order valence-corrected chi connectivity index (χ0v) is 14.7. The van der Waals surface area contributed by atoms with Crippen LogP contribution in [0.5, 0.6) is 0 Å². The van der Waals surface area contributed by atoms with Crippen LogP contribution in [0.2, 0.25) is 0 Å². The second-order valence-corrected chi connectivity index (χ2v) is 8.76. The molecule has 1 rings (SSSR count). The van der Waals surface area contributed by atoms with Crippen molar-refractivity contribution in [2.45, 2.75) is 44.2 Å². The van der Waals surface area contributed by atoms with Gasteiger partial charge in [-0.2, -0.15) is 0 Å². The van der Waals surface area contributed by atoms with Gasteiger partial charge in [0.05, 0.1) is 0 Å². The Labute approximate surface area is 141 Å². The third-order valence-electron chi connectivity index (χ3n) is 2.69. The van der Waals surface area contributed by atoms with E-state index in [1.807, 2.05) is 0 Å². The lowest BCUT2D eigenvalue weighted by Gasteiger charge is -2.40. The second-order valence-electron chi connectivity index (χ2n) is 6.35. The van der Waals surface area contributed by atoms with Gasteiger partial charge in [-0.05, 0) is 52.0 Å². The first kappa shape index (κ1) is 21.0. The topological polar surface area (TPSA) is 67.4 Å². The summed E-state index contributed by atoms with van der Waals surface area (Å²) in [5.74, 6) is -0.758. The van der Waals surface area contributed by atoms with Crippen molar-refractivity contribution in [3.8, 4) is 0 Å². The molecule has 11 heteroatoms. The number of rotatable bonds is 4. The van der Waals surface area contributed by atoms with Gasteiger partial charge in [0.15, 0.2) is 0 Å². The number of carbonyl (C=O) groups excluding carboxylic acids is 2. The summed E-state index contributed by atoms with van der Waals surface area (Å²) in [5, 5.41) is 4.44. The first-order valence-electron chi connectivity index (χ1n) is 7.02. The van der Waals surface area contributed by atoms with Crippen molar-refractivity contribution < 1.29 is 33.8 Å². The maximum atomic E-state index is 12.6. The maximum Gasteiger partial charge on any atom is 0.408 e. The van der Waals surface area contributed by atoms with Crippen LogP contribution >= 0.6 is 10.2 Å². The Morgan fingerprint density at radius 3 is 1.92 bits per heavy atom. The molecule has 25 heavy (non-hydrogen) atoms. The van der Waals surface area contributed by atoms with Gasteiger partial charge in [0.2, 0.25) is 5.91 Å². The number of hydrogen-bond donors (Lipinski definition) is 2. The Bertz CT molecular complexity index is 669. The van der Waals surface area contributed by atoms with Crippen molar-refractivity contribution in [2.24, 2.45) is 0 Å². The molecule has 0 aromatic heterocycles. The van der Waals surface area contributed by atoms with Crippen LogP contribution in [0.25, 0.3) is 0 Å². The van der Waals surface area contributed by atoms with E-state index >= 15 is 0 Å². The summed E-state index contributed by atoms with van der Waals surface area (Å²) in [4.78, 5) is 21.4. The zero-order valence-electron chi connectivity index (χ0n) is 13.9. The van der Waals surface area contributed by atoms with E-state index in [1.165, 1.54) is 6.92 Å². The quantitative estimate of drug-likeness (QED) is 0.695. The van der Waals surface area contributed by atoms with E-state index in [4.69, 9.17) is 4.74 Å². The number of alkyl carbamates (subject to hydrolysis) is 1. The molecule has 0 saturated carbocycles. The normalized spacial score (nSPS) is 16.2. The van der Waals surface area contributed by atoms with Gasteiger partial charge in [0.25, 0.3) is 0 Å². The van der Waals surface area contributed by atoms with Crippen LogP contribution < -0.4 is 10.6 Å². The lowest BCUT2D eigenvalue weighted by atomic mass is 10.2. The second kappa shape index (κ2) is 5.75. The molecule has 0 heterocycles. The largest absolute Gasteiger partial charge is 0.444 e. The van der Waals surface area contributed by atoms with Crippen LogP contribution in [-0.2, 0) is 9.53 Å². The standard InChI is InChI=1S/C14H19F5N2O3S/c1-9(20-13(23)24-14(2,3)4)12(22)21-10-5-7-11(8-6-10)25(15,16,17,18)19/h5-9H,1-4H3,(H,20,23)(H,21,22)/t9-/m0/s1. The minimum Gasteiger partial charge on any atom is -0.444 e. The highest BCUT2D eigenvalue weighted by Gasteiger charge is 2.65. The fourth-order valence-electron chi connectivity index (χ4n) is 1.60. The predicted octanol–water partition coefficient (Wildman–Crippen LogP) is 5.20. The molecule has 0 aliphatic heterocycles. The molecule has 0 unspecified atom stereocenters. The molecule has 0 aliphatic carbocycles. The summed E-state index contributed by atoms with van der Waals surface area (Å²) in [6.45, 7) is 6.19. The molecule has 0 bridgehead atoms. The minimum absolute atomic E-state index is 0.131. The van der Waals surface area contributed by atoms with Crippen LogP contribution in [0.1, 0.15) is 27.7 Å². The Hall–Kier alpha value is -2.04. The molecule has 0 radical (unpaired) electrons. The van der Waals surface area contributed by atoms with Gasteiger partial charge in [-0.1, -0.05) is 19.4 Å². The van der Waals surface area contributed by atoms with Crippen LogP contribution in [0, 0.1) is 0 Å². The first-order valence-corrected chi connectivity index (χ1v) is 8.97. The lowest BCUT2D eigenvalue weighted by Crippen LogP contribution is -2.43. The molecule has 0 aliphatic rings. The Kier molecular flexibility index (Phi) is 4.83. The maximum absolute atomic E-state index is 12.6. The summed E-state index contributed by atoms with van der Waals surface area (Å²) in [6.07, 6.45) is -0.855. The number of hydrogen-bond acceptors (Lipinski definition) is 3. The van der Waals surface area contributed by atoms with Gasteiger partial charge in [-0.25, -0.2) is 4.79 Å². The fourth-order valence-corrected chi connectivity index (χ4v) is 2.25. The zero-order chi connectivity index (χ0) is 19.7. The number of ether oxygens (including phenoxy) is 1. The predicted molar refractivity (Wildman–Crippen MR) is 85.3 cm³/mol. The Balaban J connectivity index is 2.74. The van der Waals surface area contributed by atoms with E-state index in [0.717, 1.165) is 0 Å². The third-order valence-corrected chi connectivity index (χ3v) is 3.86. The summed E-state index contributed by atoms with van der Waals surface area (Å²) in [6, 6.07) is 0.702. The van der Waals surface area contributed by atoms with Gasteiger partial charge in [-0.3, -0.25) is 4.79 Å². The van der Waals surface area contributed by atoms with Gasteiger partial charge < -0.3 is 15.4 Å². The van der Waals surface area contributed by atoms with Crippen molar-refractivity contribution in [1.29, 1.82) is 0 Å². The van der Waals surface area contributed by atoms with Gasteiger partial charge in [0.1, 0.15) is 16.5 Å².